The Morgan fingerprint density at radius 1 is 1.08 bits per heavy atom. The van der Waals surface area contributed by atoms with Gasteiger partial charge in [-0.2, -0.15) is 0 Å². The van der Waals surface area contributed by atoms with E-state index in [4.69, 9.17) is 10.8 Å². The van der Waals surface area contributed by atoms with Crippen molar-refractivity contribution in [2.24, 2.45) is 0 Å². The molecule has 2 aromatic rings. The van der Waals surface area contributed by atoms with Crippen LogP contribution < -0.4 is 5.73 Å². The monoisotopic (exact) mass is 173 g/mol. The molecule has 2 nitrogen and oxygen atoms in total. The number of benzene rings is 2. The molecule has 2 rings (SSSR count). The molecule has 66 valence electrons. The predicted molar refractivity (Wildman–Crippen MR) is 54.3 cm³/mol. The molecule has 0 aliphatic carbocycles. The molecular formula is C11H11NO. The molecule has 0 amide bonds. The van der Waals surface area contributed by atoms with E-state index in [1.165, 1.54) is 0 Å². The van der Waals surface area contributed by atoms with E-state index in [-0.39, 0.29) is 6.61 Å². The van der Waals surface area contributed by atoms with Gasteiger partial charge < -0.3 is 10.8 Å². The zero-order chi connectivity index (χ0) is 9.26. The van der Waals surface area contributed by atoms with Crippen molar-refractivity contribution in [3.05, 3.63) is 42.0 Å². The summed E-state index contributed by atoms with van der Waals surface area (Å²) in [5.41, 5.74) is 7.21. The summed E-state index contributed by atoms with van der Waals surface area (Å²) < 4.78 is 0. The third kappa shape index (κ3) is 1.25. The van der Waals surface area contributed by atoms with Crippen LogP contribution in [0.15, 0.2) is 36.4 Å². The summed E-state index contributed by atoms with van der Waals surface area (Å²) >= 11 is 0. The molecule has 0 radical (unpaired) electrons. The standard InChI is InChI=1S/C11H11NO/c12-11-6-5-8-3-1-2-4-9(8)10(11)7-13/h1-6,13H,7,12H2. The molecular weight excluding hydrogens is 162 g/mol. The summed E-state index contributed by atoms with van der Waals surface area (Å²) in [6, 6.07) is 11.7. The summed E-state index contributed by atoms with van der Waals surface area (Å²) in [4.78, 5) is 0. The van der Waals surface area contributed by atoms with Gasteiger partial charge in [0.2, 0.25) is 0 Å². The van der Waals surface area contributed by atoms with Crippen LogP contribution in [0.25, 0.3) is 10.8 Å². The van der Waals surface area contributed by atoms with E-state index in [1.54, 1.807) is 0 Å². The molecule has 3 N–H and O–H groups in total. The van der Waals surface area contributed by atoms with E-state index in [9.17, 15) is 0 Å². The molecule has 0 saturated heterocycles. The Morgan fingerprint density at radius 2 is 1.85 bits per heavy atom. The zero-order valence-corrected chi connectivity index (χ0v) is 7.20. The first-order chi connectivity index (χ1) is 6.33. The van der Waals surface area contributed by atoms with Crippen LogP contribution in [0.4, 0.5) is 5.69 Å². The van der Waals surface area contributed by atoms with Crippen LogP contribution in [0, 0.1) is 0 Å². The van der Waals surface area contributed by atoms with Crippen LogP contribution in [-0.2, 0) is 6.61 Å². The second-order valence-electron chi connectivity index (χ2n) is 3.01. The third-order valence-electron chi connectivity index (χ3n) is 2.23. The third-order valence-corrected chi connectivity index (χ3v) is 2.23. The minimum atomic E-state index is -0.00676. The molecule has 0 spiro atoms. The highest BCUT2D eigenvalue weighted by molar-refractivity contribution is 5.89. The van der Waals surface area contributed by atoms with Gasteiger partial charge in [-0.25, -0.2) is 0 Å². The van der Waals surface area contributed by atoms with Crippen molar-refractivity contribution in [3.8, 4) is 0 Å². The summed E-state index contributed by atoms with van der Waals surface area (Å²) in [5, 5.41) is 11.3. The normalized spacial score (nSPS) is 10.5. The maximum absolute atomic E-state index is 9.14. The van der Waals surface area contributed by atoms with E-state index >= 15 is 0 Å². The van der Waals surface area contributed by atoms with Gasteiger partial charge in [-0.1, -0.05) is 30.3 Å². The minimum Gasteiger partial charge on any atom is -0.398 e. The molecule has 0 unspecified atom stereocenters. The van der Waals surface area contributed by atoms with Gasteiger partial charge in [-0.05, 0) is 16.8 Å². The summed E-state index contributed by atoms with van der Waals surface area (Å²) in [5.74, 6) is 0. The Bertz CT molecular complexity index is 437. The molecule has 2 aromatic carbocycles. The van der Waals surface area contributed by atoms with Crippen molar-refractivity contribution in [1.29, 1.82) is 0 Å². The van der Waals surface area contributed by atoms with E-state index in [0.717, 1.165) is 16.3 Å². The van der Waals surface area contributed by atoms with Gasteiger partial charge in [0.15, 0.2) is 0 Å². The highest BCUT2D eigenvalue weighted by Crippen LogP contribution is 2.23. The lowest BCUT2D eigenvalue weighted by Crippen LogP contribution is -1.94. The van der Waals surface area contributed by atoms with Gasteiger partial charge in [-0.15, -0.1) is 0 Å². The number of anilines is 1. The maximum Gasteiger partial charge on any atom is 0.0708 e. The highest BCUT2D eigenvalue weighted by Gasteiger charge is 2.02. The number of aliphatic hydroxyl groups excluding tert-OH is 1. The smallest absolute Gasteiger partial charge is 0.0708 e. The fraction of sp³-hybridized carbons (Fsp3) is 0.0909. The predicted octanol–water partition coefficient (Wildman–Crippen LogP) is 1.91. The first-order valence-electron chi connectivity index (χ1n) is 4.20. The number of fused-ring (bicyclic) bond motifs is 1. The van der Waals surface area contributed by atoms with Crippen LogP contribution in [0.2, 0.25) is 0 Å². The first-order valence-corrected chi connectivity index (χ1v) is 4.20. The summed E-state index contributed by atoms with van der Waals surface area (Å²) in [6.45, 7) is -0.00676. The van der Waals surface area contributed by atoms with Gasteiger partial charge in [0.05, 0.1) is 6.61 Å². The Morgan fingerprint density at radius 3 is 2.62 bits per heavy atom. The van der Waals surface area contributed by atoms with Crippen molar-refractivity contribution >= 4 is 16.5 Å². The summed E-state index contributed by atoms with van der Waals surface area (Å²) in [7, 11) is 0. The molecule has 0 aliphatic heterocycles. The van der Waals surface area contributed by atoms with Crippen LogP contribution in [0.3, 0.4) is 0 Å². The Kier molecular flexibility index (Phi) is 1.91. The Balaban J connectivity index is 2.84. The van der Waals surface area contributed by atoms with Gasteiger partial charge in [0.1, 0.15) is 0 Å². The van der Waals surface area contributed by atoms with Crippen molar-refractivity contribution in [2.75, 3.05) is 5.73 Å². The number of hydrogen-bond donors (Lipinski definition) is 2. The second kappa shape index (κ2) is 3.07. The first kappa shape index (κ1) is 8.08. The SMILES string of the molecule is Nc1ccc2ccccc2c1CO. The van der Waals surface area contributed by atoms with Crippen molar-refractivity contribution < 1.29 is 5.11 Å². The zero-order valence-electron chi connectivity index (χ0n) is 7.20. The van der Waals surface area contributed by atoms with Gasteiger partial charge in [-0.3, -0.25) is 0 Å². The van der Waals surface area contributed by atoms with Crippen molar-refractivity contribution in [3.63, 3.8) is 0 Å². The molecule has 0 bridgehead atoms. The van der Waals surface area contributed by atoms with Crippen LogP contribution in [-0.4, -0.2) is 5.11 Å². The molecule has 0 heterocycles. The quantitative estimate of drug-likeness (QED) is 0.647. The van der Waals surface area contributed by atoms with Crippen LogP contribution >= 0.6 is 0 Å². The van der Waals surface area contributed by atoms with Gasteiger partial charge >= 0.3 is 0 Å². The molecule has 0 atom stereocenters. The Labute approximate surface area is 76.6 Å². The maximum atomic E-state index is 9.14. The number of hydrogen-bond acceptors (Lipinski definition) is 2. The molecule has 2 heteroatoms. The lowest BCUT2D eigenvalue weighted by molar-refractivity contribution is 0.284. The van der Waals surface area contributed by atoms with Crippen molar-refractivity contribution in [1.82, 2.24) is 0 Å². The van der Waals surface area contributed by atoms with Crippen molar-refractivity contribution in [2.45, 2.75) is 6.61 Å². The summed E-state index contributed by atoms with van der Waals surface area (Å²) in [6.07, 6.45) is 0. The minimum absolute atomic E-state index is 0.00676. The Hall–Kier alpha value is -1.54. The van der Waals surface area contributed by atoms with E-state index in [0.29, 0.717) is 5.69 Å². The molecule has 0 aromatic heterocycles. The number of nitrogens with two attached hydrogens (primary N) is 1. The highest BCUT2D eigenvalue weighted by atomic mass is 16.3. The fourth-order valence-electron chi connectivity index (χ4n) is 1.53. The number of nitrogen functional groups attached to an aromatic ring is 1. The lowest BCUT2D eigenvalue weighted by atomic mass is 10.0. The van der Waals surface area contributed by atoms with E-state index in [1.807, 2.05) is 36.4 Å². The van der Waals surface area contributed by atoms with Crippen LogP contribution in [0.5, 0.6) is 0 Å². The molecule has 13 heavy (non-hydrogen) atoms. The van der Waals surface area contributed by atoms with Gasteiger partial charge in [0.25, 0.3) is 0 Å². The second-order valence-corrected chi connectivity index (χ2v) is 3.01. The topological polar surface area (TPSA) is 46.2 Å². The lowest BCUT2D eigenvalue weighted by Gasteiger charge is -2.06. The van der Waals surface area contributed by atoms with Crippen LogP contribution in [0.1, 0.15) is 5.56 Å². The fourth-order valence-corrected chi connectivity index (χ4v) is 1.53. The molecule has 0 aliphatic rings. The van der Waals surface area contributed by atoms with Gasteiger partial charge in [0, 0.05) is 11.3 Å². The van der Waals surface area contributed by atoms with E-state index in [2.05, 4.69) is 0 Å². The number of rotatable bonds is 1. The molecule has 0 fully saturated rings. The average Bonchev–Trinajstić information content (AvgIpc) is 2.18. The number of aliphatic hydroxyl groups is 1. The average molecular weight is 173 g/mol. The largest absolute Gasteiger partial charge is 0.398 e. The molecule has 0 saturated carbocycles. The van der Waals surface area contributed by atoms with E-state index < -0.39 is 0 Å².